The lowest BCUT2D eigenvalue weighted by Crippen LogP contribution is -2.36. The van der Waals surface area contributed by atoms with E-state index >= 15 is 0 Å². The molecule has 3 rings (SSSR count). The molecule has 1 amide bonds. The third-order valence-electron chi connectivity index (χ3n) is 5.81. The number of nitrogens with zero attached hydrogens (tertiary/aromatic N) is 2. The van der Waals surface area contributed by atoms with E-state index in [1.54, 1.807) is 6.20 Å². The Bertz CT molecular complexity index is 659. The lowest BCUT2D eigenvalue weighted by Gasteiger charge is -2.32. The third-order valence-corrected chi connectivity index (χ3v) is 5.81. The molecule has 2 aliphatic rings. The monoisotopic (exact) mass is 367 g/mol. The number of allylic oxidation sites excluding steroid dienone is 4. The van der Waals surface area contributed by atoms with Crippen LogP contribution in [-0.2, 0) is 0 Å². The van der Waals surface area contributed by atoms with Gasteiger partial charge in [-0.15, -0.1) is 0 Å². The molecule has 1 N–H and O–H groups in total. The molecule has 0 aromatic carbocycles. The van der Waals surface area contributed by atoms with E-state index in [-0.39, 0.29) is 5.91 Å². The van der Waals surface area contributed by atoms with Gasteiger partial charge in [-0.25, -0.2) is 0 Å². The van der Waals surface area contributed by atoms with Crippen molar-refractivity contribution in [2.45, 2.75) is 45.4 Å². The van der Waals surface area contributed by atoms with E-state index in [1.165, 1.54) is 45.2 Å². The van der Waals surface area contributed by atoms with Crippen LogP contribution in [0.4, 0.5) is 0 Å². The van der Waals surface area contributed by atoms with Crippen LogP contribution < -0.4 is 5.32 Å². The van der Waals surface area contributed by atoms with Crippen LogP contribution in [-0.4, -0.2) is 42.0 Å². The van der Waals surface area contributed by atoms with Gasteiger partial charge in [-0.3, -0.25) is 9.78 Å². The fourth-order valence-corrected chi connectivity index (χ4v) is 4.05. The Hall–Kier alpha value is -1.94. The lowest BCUT2D eigenvalue weighted by atomic mass is 9.86. The molecule has 1 aromatic rings. The molecule has 1 aromatic heterocycles. The standard InChI is InChI=1S/C23H33N3O/c1-19-10-14-24-22(18-19)23(27)25-13-5-15-26-16-11-21(12-17-26)9-8-20-6-3-2-4-7-20/h2-4,6,10,14,18,20-21H,5,7-9,11-13,15-17H2,1H3,(H,25,27). The van der Waals surface area contributed by atoms with Crippen LogP contribution in [0, 0.1) is 18.8 Å². The van der Waals surface area contributed by atoms with Crippen LogP contribution >= 0.6 is 0 Å². The Labute approximate surface area is 163 Å². The van der Waals surface area contributed by atoms with Gasteiger partial charge in [-0.1, -0.05) is 24.3 Å². The second-order valence-electron chi connectivity index (χ2n) is 8.00. The number of pyridine rings is 1. The predicted octanol–water partition coefficient (Wildman–Crippen LogP) is 4.13. The van der Waals surface area contributed by atoms with Gasteiger partial charge in [0.2, 0.25) is 0 Å². The minimum absolute atomic E-state index is 0.0657. The van der Waals surface area contributed by atoms with E-state index in [4.69, 9.17) is 0 Å². The zero-order valence-corrected chi connectivity index (χ0v) is 16.6. The minimum atomic E-state index is -0.0657. The van der Waals surface area contributed by atoms with Gasteiger partial charge in [0.05, 0.1) is 0 Å². The van der Waals surface area contributed by atoms with Gasteiger partial charge in [-0.2, -0.15) is 0 Å². The lowest BCUT2D eigenvalue weighted by molar-refractivity contribution is 0.0945. The molecule has 146 valence electrons. The molecular formula is C23H33N3O. The molecule has 1 fully saturated rings. The number of nitrogens with one attached hydrogen (secondary N) is 1. The van der Waals surface area contributed by atoms with Crippen LogP contribution in [0.15, 0.2) is 42.6 Å². The summed E-state index contributed by atoms with van der Waals surface area (Å²) in [5, 5.41) is 2.99. The zero-order chi connectivity index (χ0) is 18.9. The molecule has 0 spiro atoms. The number of piperidine rings is 1. The van der Waals surface area contributed by atoms with Crippen LogP contribution in [0.3, 0.4) is 0 Å². The quantitative estimate of drug-likeness (QED) is 0.703. The van der Waals surface area contributed by atoms with Gasteiger partial charge in [0, 0.05) is 12.7 Å². The van der Waals surface area contributed by atoms with E-state index < -0.39 is 0 Å². The molecule has 27 heavy (non-hydrogen) atoms. The summed E-state index contributed by atoms with van der Waals surface area (Å²) in [6.07, 6.45) is 18.3. The van der Waals surface area contributed by atoms with Crippen LogP contribution in [0.25, 0.3) is 0 Å². The topological polar surface area (TPSA) is 45.2 Å². The van der Waals surface area contributed by atoms with Crippen molar-refractivity contribution >= 4 is 5.91 Å². The highest BCUT2D eigenvalue weighted by molar-refractivity contribution is 5.92. The average Bonchev–Trinajstić information content (AvgIpc) is 2.71. The van der Waals surface area contributed by atoms with Gasteiger partial charge < -0.3 is 10.2 Å². The SMILES string of the molecule is Cc1ccnc(C(=O)NCCCN2CCC(CCC3C=CC=CC3)CC2)c1. The first-order valence-corrected chi connectivity index (χ1v) is 10.5. The van der Waals surface area contributed by atoms with Crippen LogP contribution in [0.2, 0.25) is 0 Å². The van der Waals surface area contributed by atoms with Gasteiger partial charge in [-0.05, 0) is 94.6 Å². The summed E-state index contributed by atoms with van der Waals surface area (Å²) >= 11 is 0. The Morgan fingerprint density at radius 3 is 2.85 bits per heavy atom. The molecule has 1 saturated heterocycles. The number of hydrogen-bond donors (Lipinski definition) is 1. The summed E-state index contributed by atoms with van der Waals surface area (Å²) in [5.41, 5.74) is 1.58. The Morgan fingerprint density at radius 2 is 2.11 bits per heavy atom. The number of rotatable bonds is 8. The fourth-order valence-electron chi connectivity index (χ4n) is 4.05. The predicted molar refractivity (Wildman–Crippen MR) is 111 cm³/mol. The van der Waals surface area contributed by atoms with Crippen molar-refractivity contribution in [3.63, 3.8) is 0 Å². The van der Waals surface area contributed by atoms with E-state index in [2.05, 4.69) is 39.5 Å². The maximum absolute atomic E-state index is 12.1. The molecule has 2 heterocycles. The Morgan fingerprint density at radius 1 is 1.26 bits per heavy atom. The summed E-state index contributed by atoms with van der Waals surface area (Å²) in [5.74, 6) is 1.59. The molecule has 1 unspecified atom stereocenters. The molecule has 1 aliphatic carbocycles. The molecule has 1 atom stereocenters. The second-order valence-corrected chi connectivity index (χ2v) is 8.00. The summed E-state index contributed by atoms with van der Waals surface area (Å²) in [7, 11) is 0. The minimum Gasteiger partial charge on any atom is -0.351 e. The Kier molecular flexibility index (Phi) is 7.64. The summed E-state index contributed by atoms with van der Waals surface area (Å²) < 4.78 is 0. The average molecular weight is 368 g/mol. The number of likely N-dealkylation sites (tertiary alicyclic amines) is 1. The largest absolute Gasteiger partial charge is 0.351 e. The molecule has 0 bridgehead atoms. The number of carbonyl (C=O) groups excluding carboxylic acids is 1. The van der Waals surface area contributed by atoms with Crippen molar-refractivity contribution in [3.8, 4) is 0 Å². The number of aromatic nitrogens is 1. The molecule has 4 heteroatoms. The van der Waals surface area contributed by atoms with Gasteiger partial charge >= 0.3 is 0 Å². The maximum atomic E-state index is 12.1. The maximum Gasteiger partial charge on any atom is 0.269 e. The first-order chi connectivity index (χ1) is 13.2. The van der Waals surface area contributed by atoms with Crippen molar-refractivity contribution in [2.24, 2.45) is 11.8 Å². The van der Waals surface area contributed by atoms with Gasteiger partial charge in [0.15, 0.2) is 0 Å². The highest BCUT2D eigenvalue weighted by Gasteiger charge is 2.19. The summed E-state index contributed by atoms with van der Waals surface area (Å²) in [6, 6.07) is 3.74. The molecule has 0 saturated carbocycles. The van der Waals surface area contributed by atoms with E-state index in [1.807, 2.05) is 19.1 Å². The summed E-state index contributed by atoms with van der Waals surface area (Å²) in [6.45, 7) is 6.18. The molecule has 0 radical (unpaired) electrons. The van der Waals surface area contributed by atoms with Crippen molar-refractivity contribution in [1.82, 2.24) is 15.2 Å². The third kappa shape index (κ3) is 6.62. The van der Waals surface area contributed by atoms with E-state index in [0.717, 1.165) is 36.9 Å². The Balaban J connectivity index is 1.26. The smallest absolute Gasteiger partial charge is 0.269 e. The van der Waals surface area contributed by atoms with E-state index in [9.17, 15) is 4.79 Å². The molecule has 4 nitrogen and oxygen atoms in total. The van der Waals surface area contributed by atoms with Crippen molar-refractivity contribution in [2.75, 3.05) is 26.2 Å². The number of hydrogen-bond acceptors (Lipinski definition) is 3. The fraction of sp³-hybridized carbons (Fsp3) is 0.565. The van der Waals surface area contributed by atoms with Crippen molar-refractivity contribution in [1.29, 1.82) is 0 Å². The molecular weight excluding hydrogens is 334 g/mol. The summed E-state index contributed by atoms with van der Waals surface area (Å²) in [4.78, 5) is 18.8. The molecule has 1 aliphatic heterocycles. The number of aryl methyl sites for hydroxylation is 1. The zero-order valence-electron chi connectivity index (χ0n) is 16.6. The normalized spacial score (nSPS) is 20.7. The number of carbonyl (C=O) groups is 1. The highest BCUT2D eigenvalue weighted by Crippen LogP contribution is 2.26. The highest BCUT2D eigenvalue weighted by atomic mass is 16.1. The van der Waals surface area contributed by atoms with E-state index in [0.29, 0.717) is 5.69 Å². The number of amides is 1. The van der Waals surface area contributed by atoms with Crippen molar-refractivity contribution < 1.29 is 4.79 Å². The van der Waals surface area contributed by atoms with Crippen LogP contribution in [0.5, 0.6) is 0 Å². The van der Waals surface area contributed by atoms with Gasteiger partial charge in [0.1, 0.15) is 5.69 Å². The first-order valence-electron chi connectivity index (χ1n) is 10.5. The second kappa shape index (κ2) is 10.4. The van der Waals surface area contributed by atoms with Gasteiger partial charge in [0.25, 0.3) is 5.91 Å². The first kappa shape index (κ1) is 19.8. The van der Waals surface area contributed by atoms with Crippen molar-refractivity contribution in [3.05, 3.63) is 53.9 Å². The van der Waals surface area contributed by atoms with Crippen LogP contribution in [0.1, 0.15) is 54.6 Å².